The third kappa shape index (κ3) is 2.55. The Balaban J connectivity index is 1.82. The first kappa shape index (κ1) is 12.4. The molecule has 0 saturated carbocycles. The van der Waals surface area contributed by atoms with Crippen LogP contribution in [-0.4, -0.2) is 54.3 Å². The van der Waals surface area contributed by atoms with Crippen LogP contribution < -0.4 is 4.90 Å². The number of hydrogen-bond acceptors (Lipinski definition) is 4. The zero-order valence-electron chi connectivity index (χ0n) is 11.0. The van der Waals surface area contributed by atoms with Crippen molar-refractivity contribution in [3.8, 4) is 0 Å². The maximum atomic E-state index is 8.98. The lowest BCUT2D eigenvalue weighted by molar-refractivity contribution is 0.189. The van der Waals surface area contributed by atoms with Crippen LogP contribution in [0.15, 0.2) is 36.5 Å². The number of benzene rings is 1. The third-order valence-corrected chi connectivity index (χ3v) is 3.76. The van der Waals surface area contributed by atoms with Gasteiger partial charge in [0.2, 0.25) is 0 Å². The smallest absolute Gasteiger partial charge is 0.0722 e. The van der Waals surface area contributed by atoms with E-state index in [2.05, 4.69) is 39.0 Å². The maximum absolute atomic E-state index is 8.98. The Hall–Kier alpha value is -1.65. The van der Waals surface area contributed by atoms with Gasteiger partial charge in [-0.15, -0.1) is 0 Å². The third-order valence-electron chi connectivity index (χ3n) is 3.76. The summed E-state index contributed by atoms with van der Waals surface area (Å²) in [4.78, 5) is 9.13. The van der Waals surface area contributed by atoms with Crippen molar-refractivity contribution in [1.82, 2.24) is 9.88 Å². The fraction of sp³-hybridized carbons (Fsp3) is 0.400. The molecule has 2 heterocycles. The summed E-state index contributed by atoms with van der Waals surface area (Å²) in [5, 5.41) is 10.2. The highest BCUT2D eigenvalue weighted by Crippen LogP contribution is 2.25. The lowest BCUT2D eigenvalue weighted by Gasteiger charge is -2.36. The molecule has 2 aromatic rings. The predicted octanol–water partition coefficient (Wildman–Crippen LogP) is 1.35. The van der Waals surface area contributed by atoms with Crippen molar-refractivity contribution in [2.45, 2.75) is 0 Å². The highest BCUT2D eigenvalue weighted by Gasteiger charge is 2.18. The summed E-state index contributed by atoms with van der Waals surface area (Å²) in [5.74, 6) is 0. The van der Waals surface area contributed by atoms with Crippen molar-refractivity contribution in [3.05, 3.63) is 36.5 Å². The molecule has 0 bridgehead atoms. The molecule has 1 saturated heterocycles. The molecule has 0 atom stereocenters. The van der Waals surface area contributed by atoms with Crippen LogP contribution in [0.2, 0.25) is 0 Å². The van der Waals surface area contributed by atoms with Crippen LogP contribution >= 0.6 is 0 Å². The molecule has 3 rings (SSSR count). The van der Waals surface area contributed by atoms with Gasteiger partial charge < -0.3 is 10.0 Å². The number of aliphatic hydroxyl groups is 1. The minimum Gasteiger partial charge on any atom is -0.395 e. The van der Waals surface area contributed by atoms with E-state index in [1.165, 1.54) is 11.1 Å². The Morgan fingerprint density at radius 2 is 1.84 bits per heavy atom. The van der Waals surface area contributed by atoms with E-state index >= 15 is 0 Å². The Morgan fingerprint density at radius 3 is 2.63 bits per heavy atom. The molecule has 1 aromatic carbocycles. The molecule has 1 fully saturated rings. The maximum Gasteiger partial charge on any atom is 0.0722 e. The van der Waals surface area contributed by atoms with E-state index in [0.717, 1.165) is 38.2 Å². The Bertz CT molecular complexity index is 545. The van der Waals surface area contributed by atoms with Gasteiger partial charge in [-0.05, 0) is 12.1 Å². The topological polar surface area (TPSA) is 39.6 Å². The van der Waals surface area contributed by atoms with Gasteiger partial charge in [-0.3, -0.25) is 9.88 Å². The second-order valence-corrected chi connectivity index (χ2v) is 4.90. The van der Waals surface area contributed by atoms with E-state index in [4.69, 9.17) is 5.11 Å². The average Bonchev–Trinajstić information content (AvgIpc) is 2.48. The number of anilines is 1. The summed E-state index contributed by atoms with van der Waals surface area (Å²) in [6.45, 7) is 5.07. The number of rotatable bonds is 3. The Labute approximate surface area is 113 Å². The van der Waals surface area contributed by atoms with Gasteiger partial charge in [0, 0.05) is 50.0 Å². The van der Waals surface area contributed by atoms with Gasteiger partial charge >= 0.3 is 0 Å². The average molecular weight is 257 g/mol. The van der Waals surface area contributed by atoms with Gasteiger partial charge in [0.05, 0.1) is 12.1 Å². The van der Waals surface area contributed by atoms with Crippen LogP contribution in [0.4, 0.5) is 5.69 Å². The van der Waals surface area contributed by atoms with E-state index in [0.29, 0.717) is 0 Å². The quantitative estimate of drug-likeness (QED) is 0.901. The monoisotopic (exact) mass is 257 g/mol. The van der Waals surface area contributed by atoms with Crippen molar-refractivity contribution in [3.63, 3.8) is 0 Å². The molecule has 1 N–H and O–H groups in total. The Morgan fingerprint density at radius 1 is 1.05 bits per heavy atom. The number of aromatic nitrogens is 1. The number of nitrogens with zero attached hydrogens (tertiary/aromatic N) is 3. The van der Waals surface area contributed by atoms with Crippen LogP contribution in [0.3, 0.4) is 0 Å². The predicted molar refractivity (Wildman–Crippen MR) is 77.5 cm³/mol. The summed E-state index contributed by atoms with van der Waals surface area (Å²) in [7, 11) is 0. The Kier molecular flexibility index (Phi) is 3.62. The fourth-order valence-electron chi connectivity index (χ4n) is 2.71. The minimum absolute atomic E-state index is 0.248. The number of para-hydroxylation sites is 1. The molecule has 0 unspecified atom stereocenters. The number of piperazine rings is 1. The van der Waals surface area contributed by atoms with Gasteiger partial charge in [-0.1, -0.05) is 18.2 Å². The van der Waals surface area contributed by atoms with Gasteiger partial charge in [-0.25, -0.2) is 0 Å². The molecule has 100 valence electrons. The van der Waals surface area contributed by atoms with Gasteiger partial charge in [0.15, 0.2) is 0 Å². The summed E-state index contributed by atoms with van der Waals surface area (Å²) in [6, 6.07) is 10.4. The van der Waals surface area contributed by atoms with Crippen LogP contribution in [0, 0.1) is 0 Å². The first-order valence-corrected chi connectivity index (χ1v) is 6.80. The number of β-amino-alcohol motifs (C(OH)–C–C–N with tert-alkyl or cyclic N) is 1. The summed E-state index contributed by atoms with van der Waals surface area (Å²) in [6.07, 6.45) is 1.89. The van der Waals surface area contributed by atoms with Crippen LogP contribution in [0.1, 0.15) is 0 Å². The molecule has 4 heteroatoms. The van der Waals surface area contributed by atoms with Crippen LogP contribution in [0.5, 0.6) is 0 Å². The van der Waals surface area contributed by atoms with Gasteiger partial charge in [0.1, 0.15) is 0 Å². The second kappa shape index (κ2) is 5.55. The molecule has 0 amide bonds. The standard InChI is InChI=1S/C15H19N3O/c19-12-11-17-7-9-18(10-8-17)15-5-6-16-14-4-2-1-3-13(14)15/h1-6,19H,7-12H2. The number of pyridine rings is 1. The molecule has 1 aliphatic heterocycles. The van der Waals surface area contributed by atoms with Crippen LogP contribution in [-0.2, 0) is 0 Å². The van der Waals surface area contributed by atoms with Crippen LogP contribution in [0.25, 0.3) is 10.9 Å². The number of aliphatic hydroxyl groups excluding tert-OH is 1. The van der Waals surface area contributed by atoms with Crippen molar-refractivity contribution < 1.29 is 5.11 Å². The highest BCUT2D eigenvalue weighted by molar-refractivity contribution is 5.91. The largest absolute Gasteiger partial charge is 0.395 e. The van der Waals surface area contributed by atoms with Crippen molar-refractivity contribution in [1.29, 1.82) is 0 Å². The van der Waals surface area contributed by atoms with E-state index < -0.39 is 0 Å². The lowest BCUT2D eigenvalue weighted by Crippen LogP contribution is -2.47. The van der Waals surface area contributed by atoms with E-state index in [1.807, 2.05) is 12.3 Å². The van der Waals surface area contributed by atoms with Crippen molar-refractivity contribution >= 4 is 16.6 Å². The second-order valence-electron chi connectivity index (χ2n) is 4.90. The van der Waals surface area contributed by atoms with Crippen molar-refractivity contribution in [2.75, 3.05) is 44.2 Å². The summed E-state index contributed by atoms with van der Waals surface area (Å²) >= 11 is 0. The molecule has 1 aliphatic rings. The SMILES string of the molecule is OCCN1CCN(c2ccnc3ccccc23)CC1. The first-order valence-electron chi connectivity index (χ1n) is 6.80. The van der Waals surface area contributed by atoms with E-state index in [1.54, 1.807) is 0 Å². The molecular formula is C15H19N3O. The van der Waals surface area contributed by atoms with Gasteiger partial charge in [-0.2, -0.15) is 0 Å². The zero-order valence-corrected chi connectivity index (χ0v) is 11.0. The number of hydrogen-bond donors (Lipinski definition) is 1. The first-order chi connectivity index (χ1) is 9.38. The fourth-order valence-corrected chi connectivity index (χ4v) is 2.71. The summed E-state index contributed by atoms with van der Waals surface area (Å²) < 4.78 is 0. The summed E-state index contributed by atoms with van der Waals surface area (Å²) in [5.41, 5.74) is 2.33. The van der Waals surface area contributed by atoms with E-state index in [9.17, 15) is 0 Å². The molecule has 19 heavy (non-hydrogen) atoms. The molecular weight excluding hydrogens is 238 g/mol. The minimum atomic E-state index is 0.248. The molecule has 1 aromatic heterocycles. The number of fused-ring (bicyclic) bond motifs is 1. The molecule has 0 radical (unpaired) electrons. The molecule has 0 spiro atoms. The zero-order chi connectivity index (χ0) is 13.1. The highest BCUT2D eigenvalue weighted by atomic mass is 16.3. The van der Waals surface area contributed by atoms with E-state index in [-0.39, 0.29) is 6.61 Å². The van der Waals surface area contributed by atoms with Gasteiger partial charge in [0.25, 0.3) is 0 Å². The molecule has 4 nitrogen and oxygen atoms in total. The lowest BCUT2D eigenvalue weighted by atomic mass is 10.1. The molecule has 0 aliphatic carbocycles. The normalized spacial score (nSPS) is 17.0. The van der Waals surface area contributed by atoms with Crippen molar-refractivity contribution in [2.24, 2.45) is 0 Å².